The van der Waals surface area contributed by atoms with Gasteiger partial charge in [0.1, 0.15) is 5.75 Å². The van der Waals surface area contributed by atoms with Gasteiger partial charge >= 0.3 is 0 Å². The van der Waals surface area contributed by atoms with Gasteiger partial charge in [-0.1, -0.05) is 12.1 Å². The summed E-state index contributed by atoms with van der Waals surface area (Å²) in [7, 11) is -1.30. The van der Waals surface area contributed by atoms with E-state index >= 15 is 0 Å². The molecule has 2 aliphatic rings. The molecule has 2 atom stereocenters. The number of carbonyl (C=O) groups excluding carboxylic acids is 1. The van der Waals surface area contributed by atoms with E-state index in [0.29, 0.717) is 6.42 Å². The number of hydrogen-bond acceptors (Lipinski definition) is 5. The van der Waals surface area contributed by atoms with Crippen LogP contribution in [-0.4, -0.2) is 71.2 Å². The van der Waals surface area contributed by atoms with E-state index in [1.165, 1.54) is 4.90 Å². The molecule has 1 amide bonds. The van der Waals surface area contributed by atoms with Gasteiger partial charge in [-0.25, -0.2) is 8.42 Å². The van der Waals surface area contributed by atoms with Crippen LogP contribution in [0.15, 0.2) is 24.3 Å². The summed E-state index contributed by atoms with van der Waals surface area (Å²) in [6, 6.07) is 7.56. The zero-order valence-electron chi connectivity index (χ0n) is 15.4. The molecule has 0 saturated carbocycles. The molecule has 0 aromatic heterocycles. The van der Waals surface area contributed by atoms with Crippen molar-refractivity contribution >= 4 is 21.4 Å². The number of nitrogens with zero attached hydrogens (tertiary/aromatic N) is 1. The van der Waals surface area contributed by atoms with E-state index in [-0.39, 0.29) is 29.5 Å². The maximum Gasteiger partial charge on any atom is 0.278 e. The number of piperazine rings is 1. The molecule has 2 N–H and O–H groups in total. The maximum atomic E-state index is 12.5. The SMILES string of the molecule is COc1ccccc1N1CC[NH+]([C@H](C)C(=O)N[C@@H]2CCS(=O)(=O)C2)CC1. The summed E-state index contributed by atoms with van der Waals surface area (Å²) in [5.74, 6) is 1.07. The Labute approximate surface area is 155 Å². The average molecular weight is 383 g/mol. The number of amides is 1. The molecule has 1 aromatic rings. The van der Waals surface area contributed by atoms with E-state index in [9.17, 15) is 13.2 Å². The molecular formula is C18H28N3O4S+. The van der Waals surface area contributed by atoms with Crippen LogP contribution in [0.4, 0.5) is 5.69 Å². The molecule has 8 heteroatoms. The summed E-state index contributed by atoms with van der Waals surface area (Å²) in [5, 5.41) is 2.92. The average Bonchev–Trinajstić information content (AvgIpc) is 2.99. The van der Waals surface area contributed by atoms with Crippen molar-refractivity contribution in [2.75, 3.05) is 49.7 Å². The molecular weight excluding hydrogens is 354 g/mol. The topological polar surface area (TPSA) is 80.2 Å². The predicted octanol–water partition coefficient (Wildman–Crippen LogP) is -0.908. The van der Waals surface area contributed by atoms with Crippen LogP contribution in [0, 0.1) is 0 Å². The van der Waals surface area contributed by atoms with Crippen molar-refractivity contribution in [3.63, 3.8) is 0 Å². The Bertz CT molecular complexity index is 745. The number of ether oxygens (including phenoxy) is 1. The van der Waals surface area contributed by atoms with E-state index in [2.05, 4.69) is 16.3 Å². The van der Waals surface area contributed by atoms with Gasteiger partial charge in [0, 0.05) is 6.04 Å². The Kier molecular flexibility index (Phi) is 5.72. The van der Waals surface area contributed by atoms with Crippen LogP contribution in [-0.2, 0) is 14.6 Å². The van der Waals surface area contributed by atoms with Gasteiger partial charge in [0.15, 0.2) is 15.9 Å². The highest BCUT2D eigenvalue weighted by Crippen LogP contribution is 2.27. The molecule has 144 valence electrons. The number of quaternary nitrogens is 1. The molecule has 2 saturated heterocycles. The molecule has 2 fully saturated rings. The first-order valence-corrected chi connectivity index (χ1v) is 10.9. The molecule has 0 radical (unpaired) electrons. The van der Waals surface area contributed by atoms with Crippen molar-refractivity contribution in [3.8, 4) is 5.75 Å². The van der Waals surface area contributed by atoms with Gasteiger partial charge in [-0.05, 0) is 25.5 Å². The van der Waals surface area contributed by atoms with Crippen LogP contribution in [0.1, 0.15) is 13.3 Å². The molecule has 0 spiro atoms. The van der Waals surface area contributed by atoms with Gasteiger partial charge in [-0.3, -0.25) is 4.79 Å². The molecule has 0 bridgehead atoms. The number of benzene rings is 1. The highest BCUT2D eigenvalue weighted by Gasteiger charge is 2.34. The standard InChI is InChI=1S/C18H27N3O4S/c1-14(18(22)19-15-7-12-26(23,24)13-15)20-8-10-21(11-9-20)16-5-3-4-6-17(16)25-2/h3-6,14-15H,7-13H2,1-2H3,(H,19,22)/p+1/t14-,15-/m1/s1. The van der Waals surface area contributed by atoms with Crippen LogP contribution in [0.2, 0.25) is 0 Å². The van der Waals surface area contributed by atoms with Crippen molar-refractivity contribution in [2.45, 2.75) is 25.4 Å². The first-order valence-electron chi connectivity index (χ1n) is 9.13. The largest absolute Gasteiger partial charge is 0.495 e. The van der Waals surface area contributed by atoms with Crippen molar-refractivity contribution < 1.29 is 22.8 Å². The van der Waals surface area contributed by atoms with Crippen LogP contribution >= 0.6 is 0 Å². The minimum Gasteiger partial charge on any atom is -0.495 e. The lowest BCUT2D eigenvalue weighted by molar-refractivity contribution is -0.914. The lowest BCUT2D eigenvalue weighted by Gasteiger charge is -2.36. The molecule has 2 heterocycles. The number of nitrogens with one attached hydrogen (secondary N) is 2. The second-order valence-electron chi connectivity index (χ2n) is 7.15. The molecule has 26 heavy (non-hydrogen) atoms. The highest BCUT2D eigenvalue weighted by atomic mass is 32.2. The van der Waals surface area contributed by atoms with Gasteiger partial charge in [0.25, 0.3) is 5.91 Å². The summed E-state index contributed by atoms with van der Waals surface area (Å²) in [6.07, 6.45) is 0.526. The van der Waals surface area contributed by atoms with Crippen molar-refractivity contribution in [2.24, 2.45) is 0 Å². The van der Waals surface area contributed by atoms with Gasteiger partial charge in [0.2, 0.25) is 0 Å². The lowest BCUT2D eigenvalue weighted by atomic mass is 10.1. The highest BCUT2D eigenvalue weighted by molar-refractivity contribution is 7.91. The van der Waals surface area contributed by atoms with Crippen molar-refractivity contribution in [1.82, 2.24) is 5.32 Å². The summed E-state index contributed by atoms with van der Waals surface area (Å²) in [5.41, 5.74) is 1.09. The Morgan fingerprint density at radius 2 is 2.00 bits per heavy atom. The molecule has 1 aromatic carbocycles. The third-order valence-corrected chi connectivity index (χ3v) is 7.18. The van der Waals surface area contributed by atoms with Crippen LogP contribution < -0.4 is 19.9 Å². The molecule has 3 rings (SSSR count). The summed E-state index contributed by atoms with van der Waals surface area (Å²) < 4.78 is 28.5. The number of methoxy groups -OCH3 is 1. The van der Waals surface area contributed by atoms with Crippen LogP contribution in [0.5, 0.6) is 5.75 Å². The number of anilines is 1. The normalized spacial score (nSPS) is 24.2. The third kappa shape index (κ3) is 4.29. The van der Waals surface area contributed by atoms with Gasteiger partial charge in [-0.2, -0.15) is 0 Å². The second kappa shape index (κ2) is 7.84. The van der Waals surface area contributed by atoms with E-state index in [1.54, 1.807) is 7.11 Å². The fourth-order valence-corrected chi connectivity index (χ4v) is 5.45. The quantitative estimate of drug-likeness (QED) is 0.689. The third-order valence-electron chi connectivity index (χ3n) is 5.42. The smallest absolute Gasteiger partial charge is 0.278 e. The van der Waals surface area contributed by atoms with Crippen LogP contribution in [0.3, 0.4) is 0 Å². The Balaban J connectivity index is 1.53. The fourth-order valence-electron chi connectivity index (χ4n) is 3.78. The first kappa shape index (κ1) is 19.0. The Morgan fingerprint density at radius 1 is 1.31 bits per heavy atom. The van der Waals surface area contributed by atoms with Crippen molar-refractivity contribution in [3.05, 3.63) is 24.3 Å². The number of para-hydroxylation sites is 2. The monoisotopic (exact) mass is 382 g/mol. The van der Waals surface area contributed by atoms with E-state index in [4.69, 9.17) is 4.74 Å². The van der Waals surface area contributed by atoms with Crippen molar-refractivity contribution in [1.29, 1.82) is 0 Å². The van der Waals surface area contributed by atoms with E-state index in [1.807, 2.05) is 25.1 Å². The lowest BCUT2D eigenvalue weighted by Crippen LogP contribution is -3.19. The molecule has 2 aliphatic heterocycles. The number of carbonyl (C=O) groups is 1. The van der Waals surface area contributed by atoms with E-state index < -0.39 is 9.84 Å². The first-order chi connectivity index (χ1) is 12.4. The van der Waals surface area contributed by atoms with Gasteiger partial charge < -0.3 is 19.9 Å². The zero-order valence-corrected chi connectivity index (χ0v) is 16.2. The summed E-state index contributed by atoms with van der Waals surface area (Å²) in [6.45, 7) is 5.34. The van der Waals surface area contributed by atoms with Gasteiger partial charge in [-0.15, -0.1) is 0 Å². The second-order valence-corrected chi connectivity index (χ2v) is 9.38. The zero-order chi connectivity index (χ0) is 18.7. The van der Waals surface area contributed by atoms with Crippen LogP contribution in [0.25, 0.3) is 0 Å². The van der Waals surface area contributed by atoms with E-state index in [0.717, 1.165) is 37.6 Å². The Hall–Kier alpha value is -1.80. The maximum absolute atomic E-state index is 12.5. The predicted molar refractivity (Wildman–Crippen MR) is 101 cm³/mol. The summed E-state index contributed by atoms with van der Waals surface area (Å²) in [4.78, 5) is 16.0. The number of hydrogen-bond donors (Lipinski definition) is 2. The fraction of sp³-hybridized carbons (Fsp3) is 0.611. The molecule has 0 unspecified atom stereocenters. The Morgan fingerprint density at radius 3 is 2.62 bits per heavy atom. The summed E-state index contributed by atoms with van der Waals surface area (Å²) >= 11 is 0. The molecule has 0 aliphatic carbocycles. The van der Waals surface area contributed by atoms with Gasteiger partial charge in [0.05, 0.1) is 50.5 Å². The molecule has 7 nitrogen and oxygen atoms in total. The minimum atomic E-state index is -2.98. The minimum absolute atomic E-state index is 0.0483. The number of rotatable bonds is 5. The number of sulfone groups is 1.